The average molecular weight is 653 g/mol. The molecule has 0 radical (unpaired) electrons. The van der Waals surface area contributed by atoms with Gasteiger partial charge in [-0.25, -0.2) is 0 Å². The fraction of sp³-hybridized carbons (Fsp3) is 0.333. The van der Waals surface area contributed by atoms with Gasteiger partial charge in [-0.05, 0) is 58.7 Å². The number of carbonyl (C=O) groups is 3. The zero-order valence-corrected chi connectivity index (χ0v) is 25.0. The Hall–Kier alpha value is -5.27. The molecule has 0 saturated carbocycles. The van der Waals surface area contributed by atoms with E-state index in [1.165, 1.54) is 26.4 Å². The van der Waals surface area contributed by atoms with E-state index < -0.39 is 53.3 Å². The molecule has 7 rings (SSSR count). The number of carbonyl (C=O) groups excluding carboxylic acids is 3. The molecule has 2 saturated heterocycles. The minimum absolute atomic E-state index is 0.0148. The van der Waals surface area contributed by atoms with E-state index in [1.807, 2.05) is 0 Å². The zero-order valence-electron chi connectivity index (χ0n) is 25.0. The quantitative estimate of drug-likeness (QED) is 0.301. The number of cyclic esters (lactones) is 1. The van der Waals surface area contributed by atoms with Crippen LogP contribution in [0, 0.1) is 11.8 Å². The first-order valence-electron chi connectivity index (χ1n) is 14.6. The topological polar surface area (TPSA) is 133 Å². The van der Waals surface area contributed by atoms with Crippen LogP contribution in [-0.2, 0) is 31.8 Å². The molecule has 1 N–H and O–H groups in total. The zero-order chi connectivity index (χ0) is 33.2. The summed E-state index contributed by atoms with van der Waals surface area (Å²) in [5, 5.41) is 10.6. The molecule has 1 aliphatic carbocycles. The van der Waals surface area contributed by atoms with Gasteiger partial charge in [0.15, 0.2) is 23.0 Å². The van der Waals surface area contributed by atoms with Crippen LogP contribution in [0.3, 0.4) is 0 Å². The number of nitrogens with zero attached hydrogens (tertiary/aromatic N) is 2. The molecule has 0 unspecified atom stereocenters. The van der Waals surface area contributed by atoms with E-state index in [2.05, 4.69) is 0 Å². The molecule has 0 spiro atoms. The lowest BCUT2D eigenvalue weighted by Crippen LogP contribution is -2.35. The SMILES string of the molecule is COc1cc([C@@H]2c3cc4c(cc3[C@@H](N=C3CC(=O)N(Cc5ccc(C(F)(F)F)cc5)C3=O)[C@H]3COC(=O)[C@H]23)OCO4)cc(OC)c1O. The average Bonchev–Trinajstić information content (AvgIpc) is 3.74. The molecule has 47 heavy (non-hydrogen) atoms. The number of aromatic hydroxyl groups is 1. The van der Waals surface area contributed by atoms with Crippen LogP contribution < -0.4 is 18.9 Å². The van der Waals surface area contributed by atoms with Crippen LogP contribution in [0.5, 0.6) is 28.7 Å². The van der Waals surface area contributed by atoms with Crippen molar-refractivity contribution in [3.05, 3.63) is 76.3 Å². The van der Waals surface area contributed by atoms with Crippen LogP contribution >= 0.6 is 0 Å². The van der Waals surface area contributed by atoms with Gasteiger partial charge >= 0.3 is 12.1 Å². The molecule has 3 aliphatic heterocycles. The third-order valence-electron chi connectivity index (χ3n) is 9.04. The summed E-state index contributed by atoms with van der Waals surface area (Å²) in [5.74, 6) is -2.75. The molecule has 3 heterocycles. The molecular formula is C33H27F3N2O9. The Morgan fingerprint density at radius 1 is 0.936 bits per heavy atom. The third-order valence-corrected chi connectivity index (χ3v) is 9.04. The number of halogens is 3. The number of benzene rings is 3. The minimum Gasteiger partial charge on any atom is -0.502 e. The van der Waals surface area contributed by atoms with Crippen molar-refractivity contribution in [3.63, 3.8) is 0 Å². The minimum atomic E-state index is -4.52. The van der Waals surface area contributed by atoms with Gasteiger partial charge in [0.2, 0.25) is 18.4 Å². The van der Waals surface area contributed by atoms with Crippen molar-refractivity contribution in [1.82, 2.24) is 4.90 Å². The standard InChI is InChI=1S/C33H27F3N2O9/c1-43-24-7-16(8-25(44-2)30(24)40)27-18-9-22-23(47-14-46-22)10-19(18)29(20-13-45-32(42)28(20)27)37-21-11-26(39)38(31(21)41)12-15-3-5-17(6-4-15)33(34,35)36/h3-10,20,27-29,40H,11-14H2,1-2H3/t20-,27+,28-,29+/m0/s1. The number of likely N-dealkylation sites (tertiary alicyclic amines) is 1. The molecule has 2 fully saturated rings. The Balaban J connectivity index is 1.29. The molecule has 11 nitrogen and oxygen atoms in total. The number of phenolic OH excluding ortho intramolecular Hbond substituents is 1. The number of phenols is 1. The van der Waals surface area contributed by atoms with E-state index in [0.29, 0.717) is 33.8 Å². The number of alkyl halides is 3. The molecule has 3 aromatic rings. The van der Waals surface area contributed by atoms with Gasteiger partial charge in [-0.2, -0.15) is 13.2 Å². The number of esters is 1. The van der Waals surface area contributed by atoms with Crippen LogP contribution in [-0.4, -0.2) is 61.1 Å². The Morgan fingerprint density at radius 2 is 1.57 bits per heavy atom. The highest BCUT2D eigenvalue weighted by molar-refractivity contribution is 6.48. The van der Waals surface area contributed by atoms with E-state index in [-0.39, 0.29) is 49.3 Å². The van der Waals surface area contributed by atoms with Crippen LogP contribution in [0.2, 0.25) is 0 Å². The number of fused-ring (bicyclic) bond motifs is 3. The molecule has 2 amide bonds. The molecular weight excluding hydrogens is 625 g/mol. The lowest BCUT2D eigenvalue weighted by molar-refractivity contribution is -0.142. The predicted molar refractivity (Wildman–Crippen MR) is 155 cm³/mol. The number of ether oxygens (including phenoxy) is 5. The van der Waals surface area contributed by atoms with Crippen molar-refractivity contribution in [2.45, 2.75) is 31.1 Å². The summed E-state index contributed by atoms with van der Waals surface area (Å²) in [6, 6.07) is 10.2. The molecule has 0 bridgehead atoms. The number of hydrogen-bond acceptors (Lipinski definition) is 10. The van der Waals surface area contributed by atoms with Crippen LogP contribution in [0.1, 0.15) is 46.2 Å². The summed E-state index contributed by atoms with van der Waals surface area (Å²) < 4.78 is 66.7. The number of amides is 2. The lowest BCUT2D eigenvalue weighted by atomic mass is 9.65. The van der Waals surface area contributed by atoms with Gasteiger partial charge in [-0.3, -0.25) is 24.3 Å². The maximum atomic E-state index is 13.5. The molecule has 3 aromatic carbocycles. The fourth-order valence-electron chi connectivity index (χ4n) is 6.79. The van der Waals surface area contributed by atoms with Gasteiger partial charge in [-0.15, -0.1) is 0 Å². The summed E-state index contributed by atoms with van der Waals surface area (Å²) in [4.78, 5) is 45.7. The normalized spacial score (nSPS) is 24.0. The number of methoxy groups -OCH3 is 2. The van der Waals surface area contributed by atoms with Crippen molar-refractivity contribution in [2.24, 2.45) is 16.8 Å². The van der Waals surface area contributed by atoms with E-state index in [9.17, 15) is 32.7 Å². The number of hydrogen-bond donors (Lipinski definition) is 1. The largest absolute Gasteiger partial charge is 0.502 e. The van der Waals surface area contributed by atoms with Crippen LogP contribution in [0.25, 0.3) is 0 Å². The summed E-state index contributed by atoms with van der Waals surface area (Å²) in [6.07, 6.45) is -4.84. The molecule has 4 aliphatic rings. The second-order valence-electron chi connectivity index (χ2n) is 11.6. The van der Waals surface area contributed by atoms with Gasteiger partial charge in [0.05, 0.1) is 51.3 Å². The molecule has 244 valence electrons. The fourth-order valence-corrected chi connectivity index (χ4v) is 6.79. The highest BCUT2D eigenvalue weighted by Crippen LogP contribution is 2.56. The second kappa shape index (κ2) is 11.2. The van der Waals surface area contributed by atoms with Gasteiger partial charge < -0.3 is 28.8 Å². The van der Waals surface area contributed by atoms with E-state index in [4.69, 9.17) is 28.7 Å². The van der Waals surface area contributed by atoms with Crippen molar-refractivity contribution in [2.75, 3.05) is 27.6 Å². The second-order valence-corrected chi connectivity index (χ2v) is 11.6. The number of aliphatic imine (C=N–C) groups is 1. The van der Waals surface area contributed by atoms with Gasteiger partial charge in [-0.1, -0.05) is 12.1 Å². The van der Waals surface area contributed by atoms with Gasteiger partial charge in [0.1, 0.15) is 5.71 Å². The smallest absolute Gasteiger partial charge is 0.416 e. The Labute approximate surface area is 265 Å². The van der Waals surface area contributed by atoms with Crippen molar-refractivity contribution in [3.8, 4) is 28.7 Å². The Bertz CT molecular complexity index is 1810. The Kier molecular flexibility index (Phi) is 7.25. The molecule has 14 heteroatoms. The monoisotopic (exact) mass is 652 g/mol. The van der Waals surface area contributed by atoms with E-state index in [0.717, 1.165) is 17.0 Å². The number of imide groups is 1. The summed E-state index contributed by atoms with van der Waals surface area (Å²) in [6.45, 7) is -0.266. The summed E-state index contributed by atoms with van der Waals surface area (Å²) >= 11 is 0. The first kappa shape index (κ1) is 30.4. The van der Waals surface area contributed by atoms with E-state index in [1.54, 1.807) is 24.3 Å². The number of rotatable bonds is 6. The van der Waals surface area contributed by atoms with Crippen molar-refractivity contribution < 1.29 is 56.3 Å². The first-order chi connectivity index (χ1) is 22.5. The van der Waals surface area contributed by atoms with Crippen molar-refractivity contribution in [1.29, 1.82) is 0 Å². The highest BCUT2D eigenvalue weighted by atomic mass is 19.4. The third kappa shape index (κ3) is 5.07. The maximum absolute atomic E-state index is 13.5. The van der Waals surface area contributed by atoms with Gasteiger partial charge in [0, 0.05) is 11.8 Å². The first-order valence-corrected chi connectivity index (χ1v) is 14.6. The molecule has 4 atom stereocenters. The Morgan fingerprint density at radius 3 is 2.19 bits per heavy atom. The lowest BCUT2D eigenvalue weighted by Gasteiger charge is -2.37. The summed E-state index contributed by atoms with van der Waals surface area (Å²) in [7, 11) is 2.79. The van der Waals surface area contributed by atoms with E-state index >= 15 is 0 Å². The van der Waals surface area contributed by atoms with Crippen molar-refractivity contribution >= 4 is 23.5 Å². The highest BCUT2D eigenvalue weighted by Gasteiger charge is 2.53. The predicted octanol–water partition coefficient (Wildman–Crippen LogP) is 4.53. The van der Waals surface area contributed by atoms with Gasteiger partial charge in [0.25, 0.3) is 5.91 Å². The van der Waals surface area contributed by atoms with Crippen LogP contribution in [0.4, 0.5) is 13.2 Å². The van der Waals surface area contributed by atoms with Crippen LogP contribution in [0.15, 0.2) is 53.5 Å². The maximum Gasteiger partial charge on any atom is 0.416 e. The summed E-state index contributed by atoms with van der Waals surface area (Å²) in [5.41, 5.74) is 1.31. The molecule has 0 aromatic heterocycles.